The van der Waals surface area contributed by atoms with Gasteiger partial charge in [-0.15, -0.1) is 11.3 Å². The average molecular weight is 307 g/mol. The van der Waals surface area contributed by atoms with Gasteiger partial charge in [0.1, 0.15) is 6.61 Å². The minimum Gasteiger partial charge on any atom is -0.486 e. The number of thiophene rings is 1. The summed E-state index contributed by atoms with van der Waals surface area (Å²) in [5.74, 6) is 0.847. The quantitative estimate of drug-likeness (QED) is 0.717. The topological polar surface area (TPSA) is 39.1 Å². The number of hydrogen-bond donors (Lipinski definition) is 1. The predicted octanol–water partition coefficient (Wildman–Crippen LogP) is 3.74. The minimum atomic E-state index is 0.619. The van der Waals surface area contributed by atoms with Gasteiger partial charge in [0.25, 0.3) is 0 Å². The van der Waals surface area contributed by atoms with Gasteiger partial charge in [0, 0.05) is 28.4 Å². The van der Waals surface area contributed by atoms with E-state index < -0.39 is 0 Å². The van der Waals surface area contributed by atoms with Crippen molar-refractivity contribution < 1.29 is 4.74 Å². The number of aromatic nitrogens is 2. The van der Waals surface area contributed by atoms with Crippen LogP contribution < -0.4 is 10.1 Å². The molecule has 1 N–H and O–H groups in total. The Kier molecular flexibility index (Phi) is 6.26. The number of nitrogens with one attached hydrogen (secondary N) is 1. The van der Waals surface area contributed by atoms with Gasteiger partial charge >= 0.3 is 0 Å². The zero-order chi connectivity index (χ0) is 15.1. The van der Waals surface area contributed by atoms with Gasteiger partial charge in [-0.25, -0.2) is 0 Å². The molecule has 2 aromatic heterocycles. The van der Waals surface area contributed by atoms with Gasteiger partial charge in [-0.1, -0.05) is 13.8 Å². The molecule has 0 radical (unpaired) electrons. The molecule has 21 heavy (non-hydrogen) atoms. The summed E-state index contributed by atoms with van der Waals surface area (Å²) in [5.41, 5.74) is 1.27. The monoisotopic (exact) mass is 307 g/mol. The van der Waals surface area contributed by atoms with Crippen molar-refractivity contribution in [3.63, 3.8) is 0 Å². The predicted molar refractivity (Wildman–Crippen MR) is 87.9 cm³/mol. The van der Waals surface area contributed by atoms with E-state index in [0.717, 1.165) is 31.8 Å². The molecule has 116 valence electrons. The molecular weight excluding hydrogens is 282 g/mol. The van der Waals surface area contributed by atoms with Crippen LogP contribution >= 0.6 is 11.3 Å². The Morgan fingerprint density at radius 1 is 1.33 bits per heavy atom. The summed E-state index contributed by atoms with van der Waals surface area (Å²) >= 11 is 1.85. The summed E-state index contributed by atoms with van der Waals surface area (Å²) in [6.07, 6.45) is 6.01. The van der Waals surface area contributed by atoms with E-state index in [1.165, 1.54) is 21.7 Å². The van der Waals surface area contributed by atoms with E-state index in [1.54, 1.807) is 6.20 Å². The molecule has 0 spiro atoms. The zero-order valence-corrected chi connectivity index (χ0v) is 14.0. The van der Waals surface area contributed by atoms with Crippen molar-refractivity contribution in [3.8, 4) is 5.75 Å². The Bertz CT molecular complexity index is 547. The summed E-state index contributed by atoms with van der Waals surface area (Å²) in [6.45, 7) is 10.1. The van der Waals surface area contributed by atoms with Gasteiger partial charge in [-0.2, -0.15) is 5.10 Å². The van der Waals surface area contributed by atoms with E-state index in [0.29, 0.717) is 6.61 Å². The van der Waals surface area contributed by atoms with Crippen LogP contribution in [-0.2, 0) is 19.7 Å². The van der Waals surface area contributed by atoms with Crippen LogP contribution in [0.15, 0.2) is 18.5 Å². The summed E-state index contributed by atoms with van der Waals surface area (Å²) < 4.78 is 7.77. The molecule has 0 aliphatic carbocycles. The Labute approximate surface area is 131 Å². The molecular formula is C16H25N3OS. The van der Waals surface area contributed by atoms with Gasteiger partial charge in [0.05, 0.1) is 12.4 Å². The van der Waals surface area contributed by atoms with Crippen LogP contribution in [0.4, 0.5) is 0 Å². The van der Waals surface area contributed by atoms with Crippen molar-refractivity contribution in [2.75, 3.05) is 6.54 Å². The molecule has 2 heterocycles. The molecule has 0 bridgehead atoms. The van der Waals surface area contributed by atoms with Crippen molar-refractivity contribution in [1.29, 1.82) is 0 Å². The lowest BCUT2D eigenvalue weighted by Gasteiger charge is -2.02. The fourth-order valence-corrected chi connectivity index (χ4v) is 3.16. The van der Waals surface area contributed by atoms with Gasteiger partial charge in [0.15, 0.2) is 5.75 Å². The minimum absolute atomic E-state index is 0.619. The Morgan fingerprint density at radius 3 is 2.95 bits per heavy atom. The molecule has 0 aromatic carbocycles. The second-order valence-corrected chi connectivity index (χ2v) is 6.54. The number of aryl methyl sites for hydroxylation is 2. The largest absolute Gasteiger partial charge is 0.486 e. The smallest absolute Gasteiger partial charge is 0.157 e. The molecule has 0 atom stereocenters. The first-order chi connectivity index (χ1) is 10.2. The molecule has 2 aromatic rings. The van der Waals surface area contributed by atoms with Crippen LogP contribution in [0.25, 0.3) is 0 Å². The third-order valence-corrected chi connectivity index (χ3v) is 4.35. The van der Waals surface area contributed by atoms with Gasteiger partial charge in [0.2, 0.25) is 0 Å². The highest BCUT2D eigenvalue weighted by Gasteiger charge is 2.07. The Balaban J connectivity index is 1.87. The first-order valence-corrected chi connectivity index (χ1v) is 8.48. The normalized spacial score (nSPS) is 11.0. The van der Waals surface area contributed by atoms with E-state index in [1.807, 2.05) is 22.2 Å². The van der Waals surface area contributed by atoms with E-state index in [9.17, 15) is 0 Å². The molecule has 0 fully saturated rings. The number of nitrogens with zero attached hydrogens (tertiary/aromatic N) is 2. The average Bonchev–Trinajstić information content (AvgIpc) is 3.04. The summed E-state index contributed by atoms with van der Waals surface area (Å²) in [7, 11) is 0. The molecule has 0 saturated carbocycles. The van der Waals surface area contributed by atoms with Crippen molar-refractivity contribution in [2.24, 2.45) is 0 Å². The number of ether oxygens (including phenoxy) is 1. The fourth-order valence-electron chi connectivity index (χ4n) is 2.14. The lowest BCUT2D eigenvalue weighted by atomic mass is 10.2. The molecule has 0 amide bonds. The van der Waals surface area contributed by atoms with Crippen LogP contribution in [0.2, 0.25) is 0 Å². The molecule has 4 nitrogen and oxygen atoms in total. The van der Waals surface area contributed by atoms with Gasteiger partial charge in [-0.3, -0.25) is 4.68 Å². The van der Waals surface area contributed by atoms with E-state index in [2.05, 4.69) is 37.3 Å². The number of hydrogen-bond acceptors (Lipinski definition) is 4. The van der Waals surface area contributed by atoms with Crippen LogP contribution in [0.1, 0.15) is 42.0 Å². The summed E-state index contributed by atoms with van der Waals surface area (Å²) in [5, 5.41) is 7.72. The van der Waals surface area contributed by atoms with Gasteiger partial charge < -0.3 is 10.1 Å². The maximum absolute atomic E-state index is 5.84. The van der Waals surface area contributed by atoms with Crippen molar-refractivity contribution in [3.05, 3.63) is 33.8 Å². The Morgan fingerprint density at radius 2 is 2.19 bits per heavy atom. The first-order valence-electron chi connectivity index (χ1n) is 7.67. The highest BCUT2D eigenvalue weighted by molar-refractivity contribution is 7.12. The molecule has 0 unspecified atom stereocenters. The lowest BCUT2D eigenvalue weighted by molar-refractivity contribution is 0.305. The second kappa shape index (κ2) is 8.20. The SMILES string of the molecule is CCCNCc1cc(COc2cnn(CCC)c2)c(C)s1. The lowest BCUT2D eigenvalue weighted by Crippen LogP contribution is -2.12. The highest BCUT2D eigenvalue weighted by Crippen LogP contribution is 2.23. The third-order valence-electron chi connectivity index (χ3n) is 3.25. The summed E-state index contributed by atoms with van der Waals surface area (Å²) in [4.78, 5) is 2.71. The molecule has 5 heteroatoms. The van der Waals surface area contributed by atoms with E-state index >= 15 is 0 Å². The van der Waals surface area contributed by atoms with Crippen molar-refractivity contribution >= 4 is 11.3 Å². The van der Waals surface area contributed by atoms with Crippen LogP contribution in [-0.4, -0.2) is 16.3 Å². The maximum Gasteiger partial charge on any atom is 0.157 e. The van der Waals surface area contributed by atoms with Gasteiger partial charge in [-0.05, 0) is 32.4 Å². The fraction of sp³-hybridized carbons (Fsp3) is 0.562. The van der Waals surface area contributed by atoms with Crippen LogP contribution in [0.5, 0.6) is 5.75 Å². The summed E-state index contributed by atoms with van der Waals surface area (Å²) in [6, 6.07) is 2.25. The highest BCUT2D eigenvalue weighted by atomic mass is 32.1. The molecule has 0 saturated heterocycles. The second-order valence-electron chi connectivity index (χ2n) is 5.20. The maximum atomic E-state index is 5.84. The third kappa shape index (κ3) is 4.86. The van der Waals surface area contributed by atoms with Crippen molar-refractivity contribution in [1.82, 2.24) is 15.1 Å². The van der Waals surface area contributed by atoms with Crippen molar-refractivity contribution in [2.45, 2.75) is 53.3 Å². The molecule has 0 aliphatic rings. The number of rotatable bonds is 9. The van der Waals surface area contributed by atoms with E-state index in [4.69, 9.17) is 4.74 Å². The van der Waals surface area contributed by atoms with Crippen LogP contribution in [0, 0.1) is 6.92 Å². The standard InChI is InChI=1S/C16H25N3OS/c1-4-6-17-10-16-8-14(13(3)21-16)12-20-15-9-18-19(11-15)7-5-2/h8-9,11,17H,4-7,10,12H2,1-3H3. The first kappa shape index (κ1) is 16.0. The Hall–Kier alpha value is -1.33. The van der Waals surface area contributed by atoms with E-state index in [-0.39, 0.29) is 0 Å². The van der Waals surface area contributed by atoms with Crippen LogP contribution in [0.3, 0.4) is 0 Å². The molecule has 0 aliphatic heterocycles. The molecule has 2 rings (SSSR count). The zero-order valence-electron chi connectivity index (χ0n) is 13.2.